The molecule has 1 aromatic carbocycles. The van der Waals surface area contributed by atoms with Gasteiger partial charge in [-0.15, -0.1) is 11.3 Å². The number of thiophene rings is 1. The molecule has 0 spiro atoms. The monoisotopic (exact) mass is 599 g/mol. The second-order valence-corrected chi connectivity index (χ2v) is 12.3. The van der Waals surface area contributed by atoms with Crippen LogP contribution >= 0.6 is 11.3 Å². The van der Waals surface area contributed by atoms with Gasteiger partial charge in [-0.3, -0.25) is 14.7 Å². The van der Waals surface area contributed by atoms with Gasteiger partial charge in [-0.1, -0.05) is 24.3 Å². The maximum atomic E-state index is 12.9. The summed E-state index contributed by atoms with van der Waals surface area (Å²) in [7, 11) is 3.92. The van der Waals surface area contributed by atoms with E-state index in [2.05, 4.69) is 27.2 Å². The van der Waals surface area contributed by atoms with Crippen molar-refractivity contribution in [2.75, 3.05) is 64.9 Å². The Morgan fingerprint density at radius 3 is 2.79 bits per heavy atom. The smallest absolute Gasteiger partial charge is 0.222 e. The summed E-state index contributed by atoms with van der Waals surface area (Å²) >= 11 is 1.72. The lowest BCUT2D eigenvalue weighted by Crippen LogP contribution is -2.36. The van der Waals surface area contributed by atoms with E-state index in [-0.39, 0.29) is 11.7 Å². The summed E-state index contributed by atoms with van der Waals surface area (Å²) in [4.78, 5) is 42.4. The third-order valence-corrected chi connectivity index (χ3v) is 9.05. The first kappa shape index (κ1) is 29.2. The topological polar surface area (TPSA) is 108 Å². The van der Waals surface area contributed by atoms with Crippen LogP contribution in [0.2, 0.25) is 0 Å². The van der Waals surface area contributed by atoms with E-state index in [1.165, 1.54) is 10.5 Å². The molecule has 5 heterocycles. The minimum atomic E-state index is 0.0735. The molecule has 6 rings (SSSR count). The molecule has 43 heavy (non-hydrogen) atoms. The summed E-state index contributed by atoms with van der Waals surface area (Å²) in [6.07, 6.45) is 9.63. The number of allylic oxidation sites excluding steroid dienone is 1. The van der Waals surface area contributed by atoms with E-state index in [4.69, 9.17) is 14.7 Å². The van der Waals surface area contributed by atoms with Crippen molar-refractivity contribution in [3.05, 3.63) is 53.6 Å². The highest BCUT2D eigenvalue weighted by Crippen LogP contribution is 2.39. The Labute approximate surface area is 255 Å². The lowest BCUT2D eigenvalue weighted by Gasteiger charge is -2.28. The van der Waals surface area contributed by atoms with Crippen molar-refractivity contribution in [2.24, 2.45) is 0 Å². The number of carbonyl (C=O) groups is 2. The molecular formula is C32H37N7O3S. The first-order chi connectivity index (χ1) is 21.0. The zero-order valence-corrected chi connectivity index (χ0v) is 25.5. The van der Waals surface area contributed by atoms with Crippen LogP contribution in [0, 0.1) is 0 Å². The zero-order chi connectivity index (χ0) is 29.8. The second-order valence-electron chi connectivity index (χ2n) is 11.2. The van der Waals surface area contributed by atoms with E-state index in [0.717, 1.165) is 58.6 Å². The van der Waals surface area contributed by atoms with Crippen LogP contribution in [0.25, 0.3) is 38.1 Å². The Morgan fingerprint density at radius 1 is 1.14 bits per heavy atom. The Bertz CT molecular complexity index is 1680. The van der Waals surface area contributed by atoms with E-state index in [1.54, 1.807) is 17.4 Å². The number of hydrogen-bond donors (Lipinski definition) is 1. The number of carbonyl (C=O) groups excluding carboxylic acids is 2. The van der Waals surface area contributed by atoms with Crippen molar-refractivity contribution in [1.82, 2.24) is 30.0 Å². The van der Waals surface area contributed by atoms with Crippen LogP contribution in [0.1, 0.15) is 30.6 Å². The van der Waals surface area contributed by atoms with Crippen molar-refractivity contribution in [2.45, 2.75) is 25.7 Å². The van der Waals surface area contributed by atoms with E-state index >= 15 is 0 Å². The van der Waals surface area contributed by atoms with Gasteiger partial charge < -0.3 is 19.4 Å². The standard InChI is InChI=1S/C32H37N7O3S/c1-37(2)13-5-7-23(40)6-3-10-29(41)38-14-11-22(12-15-38)28-20-27-30(43-28)32(39-16-18-42-19-17-39)35-31(34-27)24-8-4-9-26-25(24)21-33-36-26/h4-5,7-9,11,20-21H,3,6,10,12-19H2,1-2H3,(H,33,36)/b7-5+. The molecule has 0 atom stereocenters. The SMILES string of the molecule is CN(C)C/C=C/C(=O)CCCC(=O)N1CC=C(c2cc3nc(-c4cccc5[nH]ncc45)nc(N4CCOCC4)c3s2)CC1. The molecule has 0 aliphatic carbocycles. The predicted molar refractivity (Wildman–Crippen MR) is 171 cm³/mol. The number of likely N-dealkylation sites (N-methyl/N-ethyl adjacent to an activating group) is 1. The molecule has 224 valence electrons. The van der Waals surface area contributed by atoms with Crippen LogP contribution in [0.15, 0.2) is 48.7 Å². The van der Waals surface area contributed by atoms with Crippen LogP contribution in [0.3, 0.4) is 0 Å². The number of nitrogens with zero attached hydrogens (tertiary/aromatic N) is 6. The number of ether oxygens (including phenoxy) is 1. The molecule has 3 aromatic heterocycles. The molecule has 0 unspecified atom stereocenters. The van der Waals surface area contributed by atoms with Crippen molar-refractivity contribution in [3.63, 3.8) is 0 Å². The molecule has 0 saturated carbocycles. The van der Waals surface area contributed by atoms with Crippen LogP contribution in [-0.4, -0.2) is 102 Å². The van der Waals surface area contributed by atoms with Gasteiger partial charge in [0, 0.05) is 61.4 Å². The van der Waals surface area contributed by atoms with E-state index in [0.29, 0.717) is 51.4 Å². The summed E-state index contributed by atoms with van der Waals surface area (Å²) in [6, 6.07) is 8.22. The van der Waals surface area contributed by atoms with Crippen molar-refractivity contribution < 1.29 is 14.3 Å². The number of ketones is 1. The lowest BCUT2D eigenvalue weighted by atomic mass is 10.1. The number of rotatable bonds is 10. The number of aromatic amines is 1. The van der Waals surface area contributed by atoms with Gasteiger partial charge in [-0.05, 0) is 50.7 Å². The highest BCUT2D eigenvalue weighted by atomic mass is 32.1. The zero-order valence-electron chi connectivity index (χ0n) is 24.7. The molecule has 4 aromatic rings. The Balaban J connectivity index is 1.19. The summed E-state index contributed by atoms with van der Waals surface area (Å²) in [5, 5.41) is 8.27. The molecule has 1 amide bonds. The summed E-state index contributed by atoms with van der Waals surface area (Å²) < 4.78 is 6.70. The number of fused-ring (bicyclic) bond motifs is 2. The average Bonchev–Trinajstić information content (AvgIpc) is 3.68. The fourth-order valence-corrected chi connectivity index (χ4v) is 6.70. The number of nitrogens with one attached hydrogen (secondary N) is 1. The third kappa shape index (κ3) is 6.69. The number of amides is 1. The fourth-order valence-electron chi connectivity index (χ4n) is 5.52. The highest BCUT2D eigenvalue weighted by molar-refractivity contribution is 7.20. The van der Waals surface area contributed by atoms with Gasteiger partial charge in [0.05, 0.1) is 35.1 Å². The molecule has 1 fully saturated rings. The molecule has 10 nitrogen and oxygen atoms in total. The molecule has 2 aliphatic heterocycles. The molecule has 11 heteroatoms. The maximum Gasteiger partial charge on any atom is 0.222 e. The molecule has 1 saturated heterocycles. The number of benzene rings is 1. The van der Waals surface area contributed by atoms with Crippen LogP contribution < -0.4 is 4.90 Å². The summed E-state index contributed by atoms with van der Waals surface area (Å²) in [6.45, 7) is 4.90. The van der Waals surface area contributed by atoms with Gasteiger partial charge in [0.25, 0.3) is 0 Å². The van der Waals surface area contributed by atoms with Crippen molar-refractivity contribution in [1.29, 1.82) is 0 Å². The lowest BCUT2D eigenvalue weighted by molar-refractivity contribution is -0.130. The fraction of sp³-hybridized carbons (Fsp3) is 0.406. The Morgan fingerprint density at radius 2 is 2.00 bits per heavy atom. The van der Waals surface area contributed by atoms with Crippen molar-refractivity contribution in [3.8, 4) is 11.4 Å². The molecule has 2 aliphatic rings. The number of hydrogen-bond acceptors (Lipinski definition) is 9. The summed E-state index contributed by atoms with van der Waals surface area (Å²) in [5.74, 6) is 1.81. The van der Waals surface area contributed by atoms with Gasteiger partial charge in [0.1, 0.15) is 0 Å². The number of morpholine rings is 1. The Kier molecular flexibility index (Phi) is 8.92. The van der Waals surface area contributed by atoms with Gasteiger partial charge in [-0.25, -0.2) is 9.97 Å². The molecule has 0 radical (unpaired) electrons. The number of H-pyrrole nitrogens is 1. The van der Waals surface area contributed by atoms with Gasteiger partial charge >= 0.3 is 0 Å². The predicted octanol–water partition coefficient (Wildman–Crippen LogP) is 4.54. The molecular weight excluding hydrogens is 562 g/mol. The molecule has 0 bridgehead atoms. The van der Waals surface area contributed by atoms with Gasteiger partial charge in [0.2, 0.25) is 5.91 Å². The maximum absolute atomic E-state index is 12.9. The second kappa shape index (κ2) is 13.2. The van der Waals surface area contributed by atoms with Crippen molar-refractivity contribution >= 4 is 55.5 Å². The van der Waals surface area contributed by atoms with E-state index in [1.807, 2.05) is 54.4 Å². The van der Waals surface area contributed by atoms with Crippen LogP contribution in [0.5, 0.6) is 0 Å². The highest BCUT2D eigenvalue weighted by Gasteiger charge is 2.23. The normalized spacial score (nSPS) is 16.1. The van der Waals surface area contributed by atoms with Gasteiger partial charge in [-0.2, -0.15) is 5.10 Å². The largest absolute Gasteiger partial charge is 0.378 e. The van der Waals surface area contributed by atoms with E-state index in [9.17, 15) is 9.59 Å². The minimum absolute atomic E-state index is 0.0735. The first-order valence-corrected chi connectivity index (χ1v) is 15.7. The quantitative estimate of drug-likeness (QED) is 0.265. The van der Waals surface area contributed by atoms with Crippen LogP contribution in [-0.2, 0) is 14.3 Å². The Hall–Kier alpha value is -3.93. The number of anilines is 1. The van der Waals surface area contributed by atoms with Crippen LogP contribution in [0.4, 0.5) is 5.82 Å². The summed E-state index contributed by atoms with van der Waals surface area (Å²) in [5.41, 5.74) is 4.07. The number of aromatic nitrogens is 4. The molecule has 1 N–H and O–H groups in total. The third-order valence-electron chi connectivity index (χ3n) is 7.86. The minimum Gasteiger partial charge on any atom is -0.378 e. The average molecular weight is 600 g/mol. The van der Waals surface area contributed by atoms with Gasteiger partial charge in [0.15, 0.2) is 17.4 Å². The van der Waals surface area contributed by atoms with E-state index < -0.39 is 0 Å². The first-order valence-electron chi connectivity index (χ1n) is 14.8.